The van der Waals surface area contributed by atoms with Crippen LogP contribution in [-0.2, 0) is 18.3 Å². The van der Waals surface area contributed by atoms with Gasteiger partial charge >= 0.3 is 0 Å². The highest BCUT2D eigenvalue weighted by atomic mass is 16.1. The Balaban J connectivity index is 2.04. The lowest BCUT2D eigenvalue weighted by atomic mass is 10.2. The van der Waals surface area contributed by atoms with Crippen molar-refractivity contribution in [3.8, 4) is 0 Å². The van der Waals surface area contributed by atoms with Crippen molar-refractivity contribution < 1.29 is 4.79 Å². The molecule has 1 aromatic heterocycles. The molecular weight excluding hydrogens is 218 g/mol. The van der Waals surface area contributed by atoms with Crippen LogP contribution in [-0.4, -0.2) is 33.8 Å². The highest BCUT2D eigenvalue weighted by molar-refractivity contribution is 5.75. The third-order valence-electron chi connectivity index (χ3n) is 2.43. The third-order valence-corrected chi connectivity index (χ3v) is 2.43. The molecule has 0 radical (unpaired) electrons. The van der Waals surface area contributed by atoms with Crippen LogP contribution < -0.4 is 11.1 Å². The molecule has 0 aromatic carbocycles. The number of rotatable bonds is 8. The Kier molecular flexibility index (Phi) is 6.24. The molecule has 3 N–H and O–H groups in total. The second kappa shape index (κ2) is 7.78. The number of nitrogens with zero attached hydrogens (tertiary/aromatic N) is 3. The Hall–Kier alpha value is -1.43. The number of amides is 1. The molecule has 0 unspecified atom stereocenters. The molecule has 1 heterocycles. The smallest absolute Gasteiger partial charge is 0.220 e. The SMILES string of the molecule is Cn1cnc(CCNC(=O)CCCCCN)n1. The monoisotopic (exact) mass is 239 g/mol. The zero-order chi connectivity index (χ0) is 12.5. The maximum atomic E-state index is 11.4. The van der Waals surface area contributed by atoms with Crippen molar-refractivity contribution >= 4 is 5.91 Å². The number of carbonyl (C=O) groups excluding carboxylic acids is 1. The van der Waals surface area contributed by atoms with E-state index in [1.54, 1.807) is 11.0 Å². The molecule has 1 rings (SSSR count). The van der Waals surface area contributed by atoms with E-state index >= 15 is 0 Å². The number of aryl methyl sites for hydroxylation is 1. The van der Waals surface area contributed by atoms with Crippen molar-refractivity contribution in [2.45, 2.75) is 32.1 Å². The highest BCUT2D eigenvalue weighted by Gasteiger charge is 2.02. The Morgan fingerprint density at radius 3 is 2.94 bits per heavy atom. The van der Waals surface area contributed by atoms with E-state index in [1.807, 2.05) is 7.05 Å². The summed E-state index contributed by atoms with van der Waals surface area (Å²) in [6, 6.07) is 0. The van der Waals surface area contributed by atoms with Crippen LogP contribution >= 0.6 is 0 Å². The van der Waals surface area contributed by atoms with Crippen LogP contribution in [0.2, 0.25) is 0 Å². The normalized spacial score (nSPS) is 10.5. The summed E-state index contributed by atoms with van der Waals surface area (Å²) in [5.74, 6) is 0.855. The molecule has 0 atom stereocenters. The molecule has 0 aliphatic rings. The first-order valence-corrected chi connectivity index (χ1v) is 6.03. The summed E-state index contributed by atoms with van der Waals surface area (Å²) in [5.41, 5.74) is 5.38. The minimum Gasteiger partial charge on any atom is -0.356 e. The second-order valence-corrected chi connectivity index (χ2v) is 4.03. The van der Waals surface area contributed by atoms with Crippen LogP contribution in [0.25, 0.3) is 0 Å². The van der Waals surface area contributed by atoms with Crippen LogP contribution in [0.1, 0.15) is 31.5 Å². The van der Waals surface area contributed by atoms with Crippen molar-refractivity contribution in [1.82, 2.24) is 20.1 Å². The molecule has 6 heteroatoms. The number of carbonyl (C=O) groups is 1. The summed E-state index contributed by atoms with van der Waals surface area (Å²) < 4.78 is 1.66. The first kappa shape index (κ1) is 13.6. The van der Waals surface area contributed by atoms with Crippen LogP contribution in [0.15, 0.2) is 6.33 Å². The van der Waals surface area contributed by atoms with Gasteiger partial charge in [0.1, 0.15) is 6.33 Å². The van der Waals surface area contributed by atoms with Crippen LogP contribution in [0.4, 0.5) is 0 Å². The van der Waals surface area contributed by atoms with E-state index in [2.05, 4.69) is 15.4 Å². The lowest BCUT2D eigenvalue weighted by Crippen LogP contribution is -2.25. The van der Waals surface area contributed by atoms with E-state index in [0.717, 1.165) is 25.1 Å². The van der Waals surface area contributed by atoms with Gasteiger partial charge in [-0.25, -0.2) is 4.98 Å². The lowest BCUT2D eigenvalue weighted by Gasteiger charge is -2.03. The topological polar surface area (TPSA) is 85.8 Å². The molecule has 0 bridgehead atoms. The summed E-state index contributed by atoms with van der Waals surface area (Å²) in [7, 11) is 1.83. The molecule has 6 nitrogen and oxygen atoms in total. The number of unbranched alkanes of at least 4 members (excludes halogenated alkanes) is 2. The molecule has 0 aliphatic carbocycles. The van der Waals surface area contributed by atoms with E-state index < -0.39 is 0 Å². The van der Waals surface area contributed by atoms with E-state index in [1.165, 1.54) is 0 Å². The predicted octanol–water partition coefficient (Wildman–Crippen LogP) is -0.00710. The summed E-state index contributed by atoms with van der Waals surface area (Å²) in [6.45, 7) is 1.30. The van der Waals surface area contributed by atoms with Gasteiger partial charge in [0.25, 0.3) is 0 Å². The molecule has 96 valence electrons. The number of hydrogen-bond acceptors (Lipinski definition) is 4. The van der Waals surface area contributed by atoms with Gasteiger partial charge in [0.05, 0.1) is 0 Å². The molecule has 0 spiro atoms. The van der Waals surface area contributed by atoms with Gasteiger partial charge < -0.3 is 11.1 Å². The Bertz CT molecular complexity index is 336. The maximum Gasteiger partial charge on any atom is 0.220 e. The van der Waals surface area contributed by atoms with E-state index in [-0.39, 0.29) is 5.91 Å². The number of nitrogens with two attached hydrogens (primary N) is 1. The quantitative estimate of drug-likeness (QED) is 0.625. The molecule has 1 amide bonds. The lowest BCUT2D eigenvalue weighted by molar-refractivity contribution is -0.121. The number of nitrogens with one attached hydrogen (secondary N) is 1. The third kappa shape index (κ3) is 6.01. The Morgan fingerprint density at radius 1 is 1.47 bits per heavy atom. The maximum absolute atomic E-state index is 11.4. The first-order chi connectivity index (χ1) is 8.22. The van der Waals surface area contributed by atoms with Gasteiger partial charge in [0.2, 0.25) is 5.91 Å². The zero-order valence-corrected chi connectivity index (χ0v) is 10.4. The average Bonchev–Trinajstić information content (AvgIpc) is 2.71. The predicted molar refractivity (Wildman–Crippen MR) is 65.2 cm³/mol. The van der Waals surface area contributed by atoms with Crippen LogP contribution in [0, 0.1) is 0 Å². The number of aromatic nitrogens is 3. The van der Waals surface area contributed by atoms with Gasteiger partial charge in [-0.15, -0.1) is 0 Å². The fraction of sp³-hybridized carbons (Fsp3) is 0.727. The zero-order valence-electron chi connectivity index (χ0n) is 10.4. The fourth-order valence-corrected chi connectivity index (χ4v) is 1.51. The van der Waals surface area contributed by atoms with Crippen LogP contribution in [0.5, 0.6) is 0 Å². The van der Waals surface area contributed by atoms with Gasteiger partial charge in [-0.3, -0.25) is 9.48 Å². The van der Waals surface area contributed by atoms with Gasteiger partial charge in [0, 0.05) is 26.4 Å². The first-order valence-electron chi connectivity index (χ1n) is 6.03. The van der Waals surface area contributed by atoms with Gasteiger partial charge in [0.15, 0.2) is 5.82 Å². The van der Waals surface area contributed by atoms with E-state index in [0.29, 0.717) is 25.9 Å². The summed E-state index contributed by atoms with van der Waals surface area (Å²) in [5, 5.41) is 6.99. The fourth-order valence-electron chi connectivity index (χ4n) is 1.51. The molecule has 17 heavy (non-hydrogen) atoms. The molecular formula is C11H21N5O. The van der Waals surface area contributed by atoms with Crippen molar-refractivity contribution in [3.05, 3.63) is 12.2 Å². The second-order valence-electron chi connectivity index (χ2n) is 4.03. The van der Waals surface area contributed by atoms with Crippen molar-refractivity contribution in [3.63, 3.8) is 0 Å². The molecule has 0 aliphatic heterocycles. The molecule has 0 fully saturated rings. The summed E-state index contributed by atoms with van der Waals surface area (Å²) in [4.78, 5) is 15.5. The molecule has 0 saturated carbocycles. The Morgan fingerprint density at radius 2 is 2.29 bits per heavy atom. The summed E-state index contributed by atoms with van der Waals surface area (Å²) >= 11 is 0. The van der Waals surface area contributed by atoms with Crippen molar-refractivity contribution in [1.29, 1.82) is 0 Å². The standard InChI is InChI=1S/C11H21N5O/c1-16-9-14-10(15-16)6-8-13-11(17)5-3-2-4-7-12/h9H,2-8,12H2,1H3,(H,13,17). The number of hydrogen-bond donors (Lipinski definition) is 2. The van der Waals surface area contributed by atoms with E-state index in [4.69, 9.17) is 5.73 Å². The minimum atomic E-state index is 0.0953. The van der Waals surface area contributed by atoms with Gasteiger partial charge in [-0.1, -0.05) is 6.42 Å². The molecule has 0 saturated heterocycles. The van der Waals surface area contributed by atoms with Crippen molar-refractivity contribution in [2.24, 2.45) is 12.8 Å². The van der Waals surface area contributed by atoms with Gasteiger partial charge in [-0.05, 0) is 19.4 Å². The minimum absolute atomic E-state index is 0.0953. The highest BCUT2D eigenvalue weighted by Crippen LogP contribution is 1.98. The largest absolute Gasteiger partial charge is 0.356 e. The van der Waals surface area contributed by atoms with Crippen LogP contribution in [0.3, 0.4) is 0 Å². The Labute approximate surface area is 102 Å². The van der Waals surface area contributed by atoms with Gasteiger partial charge in [-0.2, -0.15) is 5.10 Å². The molecule has 1 aromatic rings. The van der Waals surface area contributed by atoms with E-state index in [9.17, 15) is 4.79 Å². The average molecular weight is 239 g/mol. The van der Waals surface area contributed by atoms with Crippen molar-refractivity contribution in [2.75, 3.05) is 13.1 Å². The summed E-state index contributed by atoms with van der Waals surface area (Å²) in [6.07, 6.45) is 5.83.